The van der Waals surface area contributed by atoms with Gasteiger partial charge in [-0.25, -0.2) is 17.5 Å². The van der Waals surface area contributed by atoms with Crippen LogP contribution in [-0.2, 0) is 9.84 Å². The second-order valence-corrected chi connectivity index (χ2v) is 9.47. The van der Waals surface area contributed by atoms with E-state index in [0.29, 0.717) is 27.7 Å². The zero-order valence-corrected chi connectivity index (χ0v) is 18.4. The Bertz CT molecular complexity index is 1420. The molecule has 0 aliphatic rings. The smallest absolute Gasteiger partial charge is 0.259 e. The molecule has 0 spiro atoms. The first-order valence-corrected chi connectivity index (χ1v) is 11.7. The van der Waals surface area contributed by atoms with Gasteiger partial charge < -0.3 is 5.32 Å². The molecule has 1 aromatic heterocycles. The third-order valence-electron chi connectivity index (χ3n) is 4.70. The summed E-state index contributed by atoms with van der Waals surface area (Å²) in [5, 5.41) is 7.63. The molecule has 3 aromatic carbocycles. The lowest BCUT2D eigenvalue weighted by molar-refractivity contribution is 0.102. The van der Waals surface area contributed by atoms with E-state index in [4.69, 9.17) is 11.6 Å². The number of hydrogen-bond donors (Lipinski definition) is 1. The fourth-order valence-electron chi connectivity index (χ4n) is 3.14. The number of sulfone groups is 1. The number of anilines is 1. The highest BCUT2D eigenvalue weighted by Crippen LogP contribution is 2.28. The molecule has 0 aliphatic carbocycles. The van der Waals surface area contributed by atoms with Crippen molar-refractivity contribution >= 4 is 33.0 Å². The van der Waals surface area contributed by atoms with Gasteiger partial charge in [0.15, 0.2) is 9.84 Å². The number of rotatable bonds is 5. The van der Waals surface area contributed by atoms with Crippen LogP contribution in [0.3, 0.4) is 0 Å². The van der Waals surface area contributed by atoms with Crippen LogP contribution in [0.1, 0.15) is 10.4 Å². The fourth-order valence-corrected chi connectivity index (χ4v) is 3.99. The van der Waals surface area contributed by atoms with Crippen molar-refractivity contribution in [1.29, 1.82) is 0 Å². The molecule has 6 nitrogen and oxygen atoms in total. The van der Waals surface area contributed by atoms with Crippen molar-refractivity contribution in [3.05, 3.63) is 95.4 Å². The van der Waals surface area contributed by atoms with E-state index in [-0.39, 0.29) is 10.5 Å². The van der Waals surface area contributed by atoms with Crippen molar-refractivity contribution in [2.45, 2.75) is 4.90 Å². The number of nitrogens with zero attached hydrogens (tertiary/aromatic N) is 2. The highest BCUT2D eigenvalue weighted by Gasteiger charge is 2.20. The molecular weight excluding hydrogens is 453 g/mol. The van der Waals surface area contributed by atoms with Gasteiger partial charge in [0, 0.05) is 23.7 Å². The molecule has 0 atom stereocenters. The lowest BCUT2D eigenvalue weighted by atomic mass is 10.1. The molecule has 162 valence electrons. The van der Waals surface area contributed by atoms with Gasteiger partial charge in [-0.1, -0.05) is 41.9 Å². The number of amides is 1. The minimum atomic E-state index is -3.37. The maximum Gasteiger partial charge on any atom is 0.259 e. The molecule has 1 amide bonds. The van der Waals surface area contributed by atoms with E-state index in [2.05, 4.69) is 10.4 Å². The largest absolute Gasteiger partial charge is 0.322 e. The quantitative estimate of drug-likeness (QED) is 0.446. The van der Waals surface area contributed by atoms with E-state index >= 15 is 0 Å². The SMILES string of the molecule is CS(=O)(=O)c1ccc(-c2nn(-c3ccccc3Cl)cc2C(=O)Nc2cccc(F)c2)cc1. The Kier molecular flexibility index (Phi) is 5.82. The van der Waals surface area contributed by atoms with Crippen LogP contribution in [0.2, 0.25) is 5.02 Å². The number of halogens is 2. The molecule has 0 saturated carbocycles. The molecule has 32 heavy (non-hydrogen) atoms. The second kappa shape index (κ2) is 8.57. The van der Waals surface area contributed by atoms with Crippen molar-refractivity contribution in [2.75, 3.05) is 11.6 Å². The normalized spacial score (nSPS) is 11.3. The Hall–Kier alpha value is -3.49. The third kappa shape index (κ3) is 4.56. The molecule has 0 saturated heterocycles. The summed E-state index contributed by atoms with van der Waals surface area (Å²) in [5.74, 6) is -0.984. The topological polar surface area (TPSA) is 81.1 Å². The molecular formula is C23H17ClFN3O3S. The minimum Gasteiger partial charge on any atom is -0.322 e. The highest BCUT2D eigenvalue weighted by atomic mass is 35.5. The summed E-state index contributed by atoms with van der Waals surface area (Å²) < 4.78 is 38.6. The molecule has 1 N–H and O–H groups in total. The Labute approximate surface area is 189 Å². The van der Waals surface area contributed by atoms with Crippen molar-refractivity contribution < 1.29 is 17.6 Å². The number of hydrogen-bond acceptors (Lipinski definition) is 4. The van der Waals surface area contributed by atoms with E-state index < -0.39 is 21.6 Å². The Morgan fingerprint density at radius 2 is 1.75 bits per heavy atom. The van der Waals surface area contributed by atoms with Gasteiger partial charge >= 0.3 is 0 Å². The summed E-state index contributed by atoms with van der Waals surface area (Å²) in [5.41, 5.74) is 1.92. The Balaban J connectivity index is 1.80. The first kappa shape index (κ1) is 21.7. The summed E-state index contributed by atoms with van der Waals surface area (Å²) in [7, 11) is -3.37. The maximum absolute atomic E-state index is 13.5. The maximum atomic E-state index is 13.5. The van der Waals surface area contributed by atoms with Crippen molar-refractivity contribution in [1.82, 2.24) is 9.78 Å². The zero-order chi connectivity index (χ0) is 22.9. The molecule has 0 bridgehead atoms. The minimum absolute atomic E-state index is 0.151. The van der Waals surface area contributed by atoms with Crippen molar-refractivity contribution in [2.24, 2.45) is 0 Å². The molecule has 1 heterocycles. The van der Waals surface area contributed by atoms with Crippen LogP contribution < -0.4 is 5.32 Å². The van der Waals surface area contributed by atoms with Gasteiger partial charge in [0.2, 0.25) is 0 Å². The number of benzene rings is 3. The van der Waals surface area contributed by atoms with E-state index in [1.54, 1.807) is 42.5 Å². The van der Waals surface area contributed by atoms with Gasteiger partial charge in [-0.05, 0) is 42.5 Å². The zero-order valence-electron chi connectivity index (χ0n) is 16.8. The second-order valence-electron chi connectivity index (χ2n) is 7.05. The fraction of sp³-hybridized carbons (Fsp3) is 0.0435. The molecule has 9 heteroatoms. The first-order valence-electron chi connectivity index (χ1n) is 9.44. The van der Waals surface area contributed by atoms with Crippen molar-refractivity contribution in [3.8, 4) is 16.9 Å². The standard InChI is InChI=1S/C23H17ClFN3O3S/c1-32(30,31)18-11-9-15(10-12-18)22-19(23(29)26-17-6-4-5-16(25)13-17)14-28(27-22)21-8-3-2-7-20(21)24/h2-14H,1H3,(H,26,29). The molecule has 4 aromatic rings. The predicted octanol–water partition coefficient (Wildman–Crippen LogP) is 4.99. The number of carbonyl (C=O) groups is 1. The average Bonchev–Trinajstić information content (AvgIpc) is 3.19. The Morgan fingerprint density at radius 3 is 2.41 bits per heavy atom. The first-order chi connectivity index (χ1) is 15.2. The average molecular weight is 470 g/mol. The van der Waals surface area contributed by atoms with Crippen LogP contribution in [0.4, 0.5) is 10.1 Å². The summed E-state index contributed by atoms with van der Waals surface area (Å²) >= 11 is 6.29. The summed E-state index contributed by atoms with van der Waals surface area (Å²) in [4.78, 5) is 13.2. The lowest BCUT2D eigenvalue weighted by Gasteiger charge is -2.06. The number of carbonyl (C=O) groups excluding carboxylic acids is 1. The number of para-hydroxylation sites is 1. The van der Waals surface area contributed by atoms with Gasteiger partial charge in [-0.2, -0.15) is 5.10 Å². The molecule has 0 aliphatic heterocycles. The van der Waals surface area contributed by atoms with Crippen molar-refractivity contribution in [3.63, 3.8) is 0 Å². The van der Waals surface area contributed by atoms with Gasteiger partial charge in [0.05, 0.1) is 21.2 Å². The molecule has 0 radical (unpaired) electrons. The monoisotopic (exact) mass is 469 g/mol. The number of nitrogens with one attached hydrogen (secondary N) is 1. The molecule has 4 rings (SSSR count). The van der Waals surface area contributed by atoms with E-state index in [9.17, 15) is 17.6 Å². The summed E-state index contributed by atoms with van der Waals surface area (Å²) in [6.07, 6.45) is 2.64. The Morgan fingerprint density at radius 1 is 1.03 bits per heavy atom. The van der Waals surface area contributed by atoms with Gasteiger partial charge in [-0.15, -0.1) is 0 Å². The summed E-state index contributed by atoms with van der Waals surface area (Å²) in [6.45, 7) is 0. The third-order valence-corrected chi connectivity index (χ3v) is 6.14. The highest BCUT2D eigenvalue weighted by molar-refractivity contribution is 7.90. The van der Waals surface area contributed by atoms with Gasteiger partial charge in [-0.3, -0.25) is 4.79 Å². The van der Waals surface area contributed by atoms with Crippen LogP contribution in [0, 0.1) is 5.82 Å². The van der Waals surface area contributed by atoms with Crippen LogP contribution >= 0.6 is 11.6 Å². The van der Waals surface area contributed by atoms with E-state index in [1.165, 1.54) is 41.2 Å². The van der Waals surface area contributed by atoms with Gasteiger partial charge in [0.25, 0.3) is 5.91 Å². The van der Waals surface area contributed by atoms with Gasteiger partial charge in [0.1, 0.15) is 11.5 Å². The van der Waals surface area contributed by atoms with E-state index in [1.807, 2.05) is 0 Å². The van der Waals surface area contributed by atoms with E-state index in [0.717, 1.165) is 6.26 Å². The molecule has 0 fully saturated rings. The molecule has 0 unspecified atom stereocenters. The number of aromatic nitrogens is 2. The van der Waals surface area contributed by atoms with Crippen LogP contribution in [-0.4, -0.2) is 30.4 Å². The predicted molar refractivity (Wildman–Crippen MR) is 121 cm³/mol. The lowest BCUT2D eigenvalue weighted by Crippen LogP contribution is -2.12. The van der Waals surface area contributed by atoms with Crippen LogP contribution in [0.25, 0.3) is 16.9 Å². The van der Waals surface area contributed by atoms with Crippen LogP contribution in [0.5, 0.6) is 0 Å². The van der Waals surface area contributed by atoms with Crippen LogP contribution in [0.15, 0.2) is 83.9 Å². The summed E-state index contributed by atoms with van der Waals surface area (Å²) in [6, 6.07) is 18.6.